The maximum Gasteiger partial charge on any atom is 0.126 e. The molecule has 0 atom stereocenters. The molecule has 0 heterocycles. The summed E-state index contributed by atoms with van der Waals surface area (Å²) in [5, 5.41) is 0. The number of benzene rings is 2. The Bertz CT molecular complexity index is 581. The zero-order chi connectivity index (χ0) is 19.0. The van der Waals surface area contributed by atoms with Gasteiger partial charge in [-0.3, -0.25) is 0 Å². The zero-order valence-corrected chi connectivity index (χ0v) is 16.5. The number of ether oxygens (including phenoxy) is 4. The molecule has 0 spiro atoms. The second kappa shape index (κ2) is 14.2. The van der Waals surface area contributed by atoms with Crippen molar-refractivity contribution in [2.24, 2.45) is 0 Å². The van der Waals surface area contributed by atoms with E-state index < -0.39 is 0 Å². The molecule has 0 unspecified atom stereocenters. The number of aryl methyl sites for hydroxylation is 1. The van der Waals surface area contributed by atoms with Crippen molar-refractivity contribution in [3.05, 3.63) is 59.7 Å². The van der Waals surface area contributed by atoms with Crippen LogP contribution in [-0.2, 0) is 16.1 Å². The van der Waals surface area contributed by atoms with Crippen LogP contribution in [-0.4, -0.2) is 33.5 Å². The molecule has 0 aliphatic rings. The van der Waals surface area contributed by atoms with Gasteiger partial charge in [0.15, 0.2) is 0 Å². The summed E-state index contributed by atoms with van der Waals surface area (Å²) < 4.78 is 22.1. The van der Waals surface area contributed by atoms with Crippen LogP contribution in [0.5, 0.6) is 11.5 Å². The Morgan fingerprint density at radius 1 is 0.769 bits per heavy atom. The smallest absolute Gasteiger partial charge is 0.126 e. The summed E-state index contributed by atoms with van der Waals surface area (Å²) in [5.74, 6) is 1.70. The predicted octanol–water partition coefficient (Wildman–Crippen LogP) is 5.03. The second-order valence-corrected chi connectivity index (χ2v) is 5.52. The van der Waals surface area contributed by atoms with Crippen LogP contribution in [0.1, 0.15) is 31.4 Å². The van der Waals surface area contributed by atoms with Crippen molar-refractivity contribution in [2.45, 2.75) is 33.8 Å². The van der Waals surface area contributed by atoms with E-state index in [2.05, 4.69) is 6.92 Å². The molecule has 26 heavy (non-hydrogen) atoms. The molecule has 0 fully saturated rings. The van der Waals surface area contributed by atoms with Crippen molar-refractivity contribution in [2.75, 3.05) is 33.5 Å². The average molecular weight is 360 g/mol. The van der Waals surface area contributed by atoms with Gasteiger partial charge in [0.1, 0.15) is 24.7 Å². The van der Waals surface area contributed by atoms with E-state index in [1.807, 2.05) is 62.4 Å². The van der Waals surface area contributed by atoms with Crippen molar-refractivity contribution in [1.82, 2.24) is 0 Å². The van der Waals surface area contributed by atoms with Crippen molar-refractivity contribution >= 4 is 0 Å². The van der Waals surface area contributed by atoms with E-state index in [4.69, 9.17) is 18.9 Å². The van der Waals surface area contributed by atoms with E-state index in [-0.39, 0.29) is 0 Å². The second-order valence-electron chi connectivity index (χ2n) is 5.52. The first kappa shape index (κ1) is 22.0. The molecule has 0 N–H and O–H groups in total. The van der Waals surface area contributed by atoms with Gasteiger partial charge in [0.2, 0.25) is 0 Å². The Morgan fingerprint density at radius 2 is 1.50 bits per heavy atom. The highest BCUT2D eigenvalue weighted by Gasteiger charge is 2.04. The van der Waals surface area contributed by atoms with Crippen LogP contribution in [0, 0.1) is 6.92 Å². The standard InChI is InChI=1S/C20H26O4.C2H6/c1-17-8-10-19(11-9-17)24-16-18-6-3-4-7-20(18)23-15-14-22-13-5-12-21-2;1-2/h3-4,6-11H,5,12-16H2,1-2H3;1-2H3. The molecule has 0 radical (unpaired) electrons. The Kier molecular flexibility index (Phi) is 12.0. The summed E-state index contributed by atoms with van der Waals surface area (Å²) in [6.45, 7) is 9.04. The average Bonchev–Trinajstić information content (AvgIpc) is 2.69. The van der Waals surface area contributed by atoms with Crippen molar-refractivity contribution in [3.8, 4) is 11.5 Å². The molecule has 4 nitrogen and oxygen atoms in total. The Hall–Kier alpha value is -2.04. The molecule has 0 saturated carbocycles. The Morgan fingerprint density at radius 3 is 2.23 bits per heavy atom. The minimum Gasteiger partial charge on any atom is -0.491 e. The molecule has 2 aromatic carbocycles. The third-order valence-corrected chi connectivity index (χ3v) is 3.51. The summed E-state index contributed by atoms with van der Waals surface area (Å²) in [6, 6.07) is 16.0. The van der Waals surface area contributed by atoms with Gasteiger partial charge in [0, 0.05) is 25.9 Å². The minimum atomic E-state index is 0.480. The van der Waals surface area contributed by atoms with Gasteiger partial charge >= 0.3 is 0 Å². The summed E-state index contributed by atoms with van der Waals surface area (Å²) in [6.07, 6.45) is 0.900. The van der Waals surface area contributed by atoms with Gasteiger partial charge in [-0.2, -0.15) is 0 Å². The number of rotatable bonds is 11. The Labute approximate surface area is 158 Å². The van der Waals surface area contributed by atoms with Gasteiger partial charge in [-0.25, -0.2) is 0 Å². The summed E-state index contributed by atoms with van der Waals surface area (Å²) in [7, 11) is 1.69. The Balaban J connectivity index is 0.00000163. The van der Waals surface area contributed by atoms with Crippen molar-refractivity contribution < 1.29 is 18.9 Å². The molecule has 4 heteroatoms. The molecule has 2 rings (SSSR count). The molecule has 0 bridgehead atoms. The fraction of sp³-hybridized carbons (Fsp3) is 0.455. The van der Waals surface area contributed by atoms with Gasteiger partial charge in [-0.15, -0.1) is 0 Å². The number of para-hydroxylation sites is 1. The van der Waals surface area contributed by atoms with Gasteiger partial charge in [0.25, 0.3) is 0 Å². The van der Waals surface area contributed by atoms with E-state index in [1.54, 1.807) is 7.11 Å². The van der Waals surface area contributed by atoms with Crippen LogP contribution in [0.4, 0.5) is 0 Å². The molecule has 2 aromatic rings. The van der Waals surface area contributed by atoms with Crippen LogP contribution in [0.3, 0.4) is 0 Å². The lowest BCUT2D eigenvalue weighted by Crippen LogP contribution is -2.10. The van der Waals surface area contributed by atoms with Crippen LogP contribution in [0.2, 0.25) is 0 Å². The molecule has 0 aromatic heterocycles. The van der Waals surface area contributed by atoms with E-state index in [0.717, 1.165) is 30.1 Å². The van der Waals surface area contributed by atoms with Gasteiger partial charge < -0.3 is 18.9 Å². The minimum absolute atomic E-state index is 0.480. The highest BCUT2D eigenvalue weighted by Crippen LogP contribution is 2.21. The fourth-order valence-corrected chi connectivity index (χ4v) is 2.18. The number of methoxy groups -OCH3 is 1. The molecule has 0 aliphatic carbocycles. The molecule has 144 valence electrons. The van der Waals surface area contributed by atoms with E-state index in [1.165, 1.54) is 5.56 Å². The topological polar surface area (TPSA) is 36.9 Å². The third-order valence-electron chi connectivity index (χ3n) is 3.51. The van der Waals surface area contributed by atoms with Gasteiger partial charge in [-0.05, 0) is 31.5 Å². The first-order chi connectivity index (χ1) is 12.8. The highest BCUT2D eigenvalue weighted by molar-refractivity contribution is 5.34. The first-order valence-electron chi connectivity index (χ1n) is 9.26. The molecular formula is C22H32O4. The van der Waals surface area contributed by atoms with Crippen LogP contribution in [0.25, 0.3) is 0 Å². The SMILES string of the molecule is CC.COCCCOCCOc1ccccc1COc1ccc(C)cc1. The molecule has 0 amide bonds. The molecule has 0 saturated heterocycles. The lowest BCUT2D eigenvalue weighted by atomic mass is 10.2. The summed E-state index contributed by atoms with van der Waals surface area (Å²) in [5.41, 5.74) is 2.24. The van der Waals surface area contributed by atoms with Crippen LogP contribution >= 0.6 is 0 Å². The zero-order valence-electron chi connectivity index (χ0n) is 16.5. The monoisotopic (exact) mass is 360 g/mol. The third kappa shape index (κ3) is 8.88. The fourth-order valence-electron chi connectivity index (χ4n) is 2.18. The maximum absolute atomic E-state index is 5.83. The quantitative estimate of drug-likeness (QED) is 0.527. The van der Waals surface area contributed by atoms with Crippen molar-refractivity contribution in [1.29, 1.82) is 0 Å². The van der Waals surface area contributed by atoms with E-state index in [0.29, 0.717) is 26.4 Å². The van der Waals surface area contributed by atoms with E-state index >= 15 is 0 Å². The van der Waals surface area contributed by atoms with Gasteiger partial charge in [0.05, 0.1) is 6.61 Å². The predicted molar refractivity (Wildman–Crippen MR) is 106 cm³/mol. The number of hydrogen-bond acceptors (Lipinski definition) is 4. The van der Waals surface area contributed by atoms with Crippen LogP contribution < -0.4 is 9.47 Å². The van der Waals surface area contributed by atoms with Gasteiger partial charge in [-0.1, -0.05) is 49.7 Å². The van der Waals surface area contributed by atoms with Crippen molar-refractivity contribution in [3.63, 3.8) is 0 Å². The van der Waals surface area contributed by atoms with Crippen LogP contribution in [0.15, 0.2) is 48.5 Å². The van der Waals surface area contributed by atoms with E-state index in [9.17, 15) is 0 Å². The first-order valence-corrected chi connectivity index (χ1v) is 9.26. The molecule has 0 aliphatic heterocycles. The maximum atomic E-state index is 5.83. The largest absolute Gasteiger partial charge is 0.491 e. The highest BCUT2D eigenvalue weighted by atomic mass is 16.5. The summed E-state index contributed by atoms with van der Waals surface area (Å²) in [4.78, 5) is 0. The lowest BCUT2D eigenvalue weighted by Gasteiger charge is -2.13. The normalized spacial score (nSPS) is 10.0. The number of hydrogen-bond donors (Lipinski definition) is 0. The lowest BCUT2D eigenvalue weighted by molar-refractivity contribution is 0.0801. The summed E-state index contributed by atoms with van der Waals surface area (Å²) >= 11 is 0. The molecular weight excluding hydrogens is 328 g/mol.